The molecule has 2 aromatic heterocycles. The van der Waals surface area contributed by atoms with Crippen LogP contribution in [0.4, 0.5) is 11.8 Å². The Morgan fingerprint density at radius 1 is 1.28 bits per heavy atom. The number of hydrogen-bond acceptors (Lipinski definition) is 7. The SMILES string of the molecule is CC1(C)[C@@H](O)C[C@H]1Nc1nc(NCCc2cccc3cccnc23)ncc1C#N.[HH]. The van der Waals surface area contributed by atoms with Crippen LogP contribution in [0.5, 0.6) is 0 Å². The number of rotatable bonds is 6. The van der Waals surface area contributed by atoms with Gasteiger partial charge in [0.1, 0.15) is 17.5 Å². The number of para-hydroxylation sites is 1. The van der Waals surface area contributed by atoms with Gasteiger partial charge in [0.2, 0.25) is 5.95 Å². The molecule has 0 saturated heterocycles. The number of aliphatic hydroxyl groups excluding tert-OH is 1. The van der Waals surface area contributed by atoms with E-state index in [2.05, 4.69) is 49.9 Å². The summed E-state index contributed by atoms with van der Waals surface area (Å²) in [6, 6.07) is 12.4. The molecule has 0 amide bonds. The summed E-state index contributed by atoms with van der Waals surface area (Å²) in [6.45, 7) is 4.65. The molecule has 2 atom stereocenters. The molecule has 3 N–H and O–H groups in total. The van der Waals surface area contributed by atoms with Gasteiger partial charge in [-0.1, -0.05) is 38.1 Å². The number of nitriles is 1. The highest BCUT2D eigenvalue weighted by Gasteiger charge is 2.47. The van der Waals surface area contributed by atoms with Crippen LogP contribution in [0.2, 0.25) is 0 Å². The molecule has 1 aromatic carbocycles. The van der Waals surface area contributed by atoms with E-state index in [0.29, 0.717) is 30.3 Å². The third-order valence-corrected chi connectivity index (χ3v) is 5.83. The first-order valence-corrected chi connectivity index (χ1v) is 9.77. The van der Waals surface area contributed by atoms with Crippen molar-refractivity contribution in [2.24, 2.45) is 5.41 Å². The lowest BCUT2D eigenvalue weighted by molar-refractivity contribution is -0.0511. The van der Waals surface area contributed by atoms with Crippen molar-refractivity contribution in [2.75, 3.05) is 17.2 Å². The average Bonchev–Trinajstić information content (AvgIpc) is 2.74. The third-order valence-electron chi connectivity index (χ3n) is 5.83. The van der Waals surface area contributed by atoms with E-state index >= 15 is 0 Å². The van der Waals surface area contributed by atoms with Crippen molar-refractivity contribution in [3.8, 4) is 6.07 Å². The van der Waals surface area contributed by atoms with Gasteiger partial charge in [-0.2, -0.15) is 10.2 Å². The first kappa shape index (κ1) is 19.1. The van der Waals surface area contributed by atoms with Crippen molar-refractivity contribution in [1.82, 2.24) is 15.0 Å². The van der Waals surface area contributed by atoms with Gasteiger partial charge in [-0.25, -0.2) is 4.98 Å². The van der Waals surface area contributed by atoms with Crippen LogP contribution < -0.4 is 10.6 Å². The minimum Gasteiger partial charge on any atom is -0.392 e. The largest absolute Gasteiger partial charge is 0.392 e. The molecule has 3 aromatic rings. The predicted molar refractivity (Wildman–Crippen MR) is 115 cm³/mol. The molecule has 4 rings (SSSR count). The van der Waals surface area contributed by atoms with E-state index in [-0.39, 0.29) is 19.0 Å². The van der Waals surface area contributed by atoms with Crippen LogP contribution >= 0.6 is 0 Å². The lowest BCUT2D eigenvalue weighted by Gasteiger charge is -2.49. The standard InChI is InChI=1S/C22H24N6O.H2/c1-22(2)17(11-18(22)29)27-20-16(12-23)13-26-21(28-20)25-10-8-15-6-3-5-14-7-4-9-24-19(14)15;/h3-7,9,13,17-18,29H,8,10-11H2,1-2H3,(H2,25,26,27,28);1H/t17-,18+;/m1./s1. The molecule has 0 aliphatic heterocycles. The Morgan fingerprint density at radius 2 is 2.10 bits per heavy atom. The van der Waals surface area contributed by atoms with E-state index in [4.69, 9.17) is 0 Å². The maximum Gasteiger partial charge on any atom is 0.224 e. The fourth-order valence-corrected chi connectivity index (χ4v) is 3.65. The Kier molecular flexibility index (Phi) is 5.03. The fraction of sp³-hybridized carbons (Fsp3) is 0.364. The molecule has 1 fully saturated rings. The van der Waals surface area contributed by atoms with Crippen molar-refractivity contribution in [1.29, 1.82) is 5.26 Å². The van der Waals surface area contributed by atoms with Crippen LogP contribution in [0, 0.1) is 16.7 Å². The first-order valence-electron chi connectivity index (χ1n) is 9.77. The summed E-state index contributed by atoms with van der Waals surface area (Å²) in [4.78, 5) is 13.2. The average molecular weight is 390 g/mol. The summed E-state index contributed by atoms with van der Waals surface area (Å²) in [7, 11) is 0. The summed E-state index contributed by atoms with van der Waals surface area (Å²) in [5.74, 6) is 0.971. The molecule has 1 aliphatic rings. The first-order chi connectivity index (χ1) is 14.0. The van der Waals surface area contributed by atoms with E-state index in [1.807, 2.05) is 26.0 Å². The van der Waals surface area contributed by atoms with Gasteiger partial charge in [0.25, 0.3) is 0 Å². The zero-order valence-corrected chi connectivity index (χ0v) is 16.6. The second kappa shape index (κ2) is 7.64. The highest BCUT2D eigenvalue weighted by atomic mass is 16.3. The molecule has 7 nitrogen and oxygen atoms in total. The minimum atomic E-state index is -0.348. The number of fused-ring (bicyclic) bond motifs is 1. The molecule has 1 saturated carbocycles. The lowest BCUT2D eigenvalue weighted by Crippen LogP contribution is -2.57. The maximum atomic E-state index is 9.95. The Morgan fingerprint density at radius 3 is 2.86 bits per heavy atom. The van der Waals surface area contributed by atoms with Crippen molar-refractivity contribution in [2.45, 2.75) is 38.8 Å². The topological polar surface area (TPSA) is 107 Å². The maximum absolute atomic E-state index is 9.95. The number of benzene rings is 1. The van der Waals surface area contributed by atoms with Crippen molar-refractivity contribution in [3.05, 3.63) is 53.9 Å². The molecule has 7 heteroatoms. The van der Waals surface area contributed by atoms with Gasteiger partial charge in [-0.15, -0.1) is 0 Å². The van der Waals surface area contributed by atoms with Crippen molar-refractivity contribution < 1.29 is 6.53 Å². The van der Waals surface area contributed by atoms with E-state index in [1.165, 1.54) is 6.20 Å². The third kappa shape index (κ3) is 3.71. The molecule has 2 heterocycles. The minimum absolute atomic E-state index is 0. The summed E-state index contributed by atoms with van der Waals surface area (Å²) in [6.07, 6.45) is 4.40. The van der Waals surface area contributed by atoms with Crippen LogP contribution in [-0.4, -0.2) is 38.7 Å². The molecular formula is C22H26N6O. The summed E-state index contributed by atoms with van der Waals surface area (Å²) < 4.78 is 0. The normalized spacial score (nSPS) is 19.9. The molecule has 0 radical (unpaired) electrons. The number of hydrogen-bond donors (Lipinski definition) is 3. The second-order valence-electron chi connectivity index (χ2n) is 8.01. The Hall–Kier alpha value is -3.24. The van der Waals surface area contributed by atoms with Gasteiger partial charge >= 0.3 is 0 Å². The monoisotopic (exact) mass is 390 g/mol. The van der Waals surface area contributed by atoms with Gasteiger partial charge in [-0.3, -0.25) is 4.98 Å². The van der Waals surface area contributed by atoms with Crippen LogP contribution in [0.1, 0.15) is 32.8 Å². The van der Waals surface area contributed by atoms with Crippen LogP contribution in [0.25, 0.3) is 10.9 Å². The number of anilines is 2. The fourth-order valence-electron chi connectivity index (χ4n) is 3.65. The van der Waals surface area contributed by atoms with Crippen LogP contribution in [0.15, 0.2) is 42.7 Å². The number of nitrogens with one attached hydrogen (secondary N) is 2. The second-order valence-corrected chi connectivity index (χ2v) is 8.01. The summed E-state index contributed by atoms with van der Waals surface area (Å²) in [5, 5.41) is 27.0. The van der Waals surface area contributed by atoms with E-state index in [1.54, 1.807) is 6.20 Å². The van der Waals surface area contributed by atoms with Crippen molar-refractivity contribution >= 4 is 22.7 Å². The van der Waals surface area contributed by atoms with E-state index < -0.39 is 0 Å². The quantitative estimate of drug-likeness (QED) is 0.592. The summed E-state index contributed by atoms with van der Waals surface area (Å²) >= 11 is 0. The van der Waals surface area contributed by atoms with Gasteiger partial charge < -0.3 is 15.7 Å². The molecule has 0 spiro atoms. The highest BCUT2D eigenvalue weighted by Crippen LogP contribution is 2.42. The highest BCUT2D eigenvalue weighted by molar-refractivity contribution is 5.81. The summed E-state index contributed by atoms with van der Waals surface area (Å²) in [5.41, 5.74) is 2.30. The molecular weight excluding hydrogens is 364 g/mol. The predicted octanol–water partition coefficient (Wildman–Crippen LogP) is 3.37. The number of pyridine rings is 1. The van der Waals surface area contributed by atoms with Crippen molar-refractivity contribution in [3.63, 3.8) is 0 Å². The van der Waals surface area contributed by atoms with Crippen LogP contribution in [-0.2, 0) is 6.42 Å². The van der Waals surface area contributed by atoms with Crippen LogP contribution in [0.3, 0.4) is 0 Å². The van der Waals surface area contributed by atoms with Gasteiger partial charge in [-0.05, 0) is 24.5 Å². The molecule has 1 aliphatic carbocycles. The Balaban J connectivity index is 0.00000256. The zero-order chi connectivity index (χ0) is 20.4. The molecule has 0 unspecified atom stereocenters. The number of aliphatic hydroxyl groups is 1. The van der Waals surface area contributed by atoms with E-state index in [0.717, 1.165) is 22.9 Å². The number of nitrogens with zero attached hydrogens (tertiary/aromatic N) is 4. The van der Waals surface area contributed by atoms with Gasteiger partial charge in [0.05, 0.1) is 17.8 Å². The van der Waals surface area contributed by atoms with Gasteiger partial charge in [0.15, 0.2) is 0 Å². The lowest BCUT2D eigenvalue weighted by atomic mass is 9.64. The van der Waals surface area contributed by atoms with Gasteiger partial charge in [0, 0.05) is 31.0 Å². The van der Waals surface area contributed by atoms with E-state index in [9.17, 15) is 10.4 Å². The smallest absolute Gasteiger partial charge is 0.224 e. The zero-order valence-electron chi connectivity index (χ0n) is 16.6. The Labute approximate surface area is 171 Å². The Bertz CT molecular complexity index is 1080. The number of aromatic nitrogens is 3. The molecule has 29 heavy (non-hydrogen) atoms. The molecule has 150 valence electrons. The molecule has 0 bridgehead atoms.